The molecule has 1 rings (SSSR count). The molecule has 1 aromatic carbocycles. The summed E-state index contributed by atoms with van der Waals surface area (Å²) in [6, 6.07) is 8.23. The van der Waals surface area contributed by atoms with Crippen molar-refractivity contribution in [3.8, 4) is 11.8 Å². The molecule has 14 heavy (non-hydrogen) atoms. The molecule has 0 unspecified atom stereocenters. The van der Waals surface area contributed by atoms with Crippen LogP contribution in [-0.2, 0) is 0 Å². The van der Waals surface area contributed by atoms with Crippen molar-refractivity contribution in [2.45, 2.75) is 6.42 Å². The highest BCUT2D eigenvalue weighted by atomic mass is 32.1. The first-order chi connectivity index (χ1) is 6.74. The third kappa shape index (κ3) is 3.35. The van der Waals surface area contributed by atoms with Crippen LogP contribution in [0.3, 0.4) is 0 Å². The van der Waals surface area contributed by atoms with E-state index >= 15 is 0 Å². The minimum atomic E-state index is 0.822. The lowest BCUT2D eigenvalue weighted by atomic mass is 10.2. The Labute approximate surface area is 91.5 Å². The normalized spacial score (nSPS) is 9.07. The predicted molar refractivity (Wildman–Crippen MR) is 66.1 cm³/mol. The molecular formula is C12H15NS. The van der Waals surface area contributed by atoms with E-state index < -0.39 is 0 Å². The summed E-state index contributed by atoms with van der Waals surface area (Å²) in [7, 11) is 4.06. The first-order valence-electron chi connectivity index (χ1n) is 4.61. The summed E-state index contributed by atoms with van der Waals surface area (Å²) in [5.74, 6) is 6.98. The highest BCUT2D eigenvalue weighted by molar-refractivity contribution is 7.80. The Hall–Kier alpha value is -1.07. The maximum absolute atomic E-state index is 4.10. The van der Waals surface area contributed by atoms with E-state index in [1.54, 1.807) is 0 Å². The van der Waals surface area contributed by atoms with Gasteiger partial charge in [-0.05, 0) is 24.3 Å². The first-order valence-corrected chi connectivity index (χ1v) is 5.24. The van der Waals surface area contributed by atoms with E-state index in [4.69, 9.17) is 0 Å². The van der Waals surface area contributed by atoms with Crippen LogP contribution in [0.1, 0.15) is 12.0 Å². The van der Waals surface area contributed by atoms with Gasteiger partial charge in [0.1, 0.15) is 0 Å². The minimum absolute atomic E-state index is 0.822. The van der Waals surface area contributed by atoms with Crippen LogP contribution >= 0.6 is 12.6 Å². The average molecular weight is 205 g/mol. The fourth-order valence-corrected chi connectivity index (χ4v) is 1.18. The molecule has 0 saturated carbocycles. The molecule has 0 bridgehead atoms. The van der Waals surface area contributed by atoms with Gasteiger partial charge in [0.15, 0.2) is 0 Å². The summed E-state index contributed by atoms with van der Waals surface area (Å²) in [6.45, 7) is 0. The molecule has 0 fully saturated rings. The minimum Gasteiger partial charge on any atom is -0.378 e. The number of nitrogens with zero attached hydrogens (tertiary/aromatic N) is 1. The summed E-state index contributed by atoms with van der Waals surface area (Å²) >= 11 is 4.10. The second-order valence-electron chi connectivity index (χ2n) is 3.22. The lowest BCUT2D eigenvalue weighted by Gasteiger charge is -2.11. The molecule has 0 N–H and O–H groups in total. The van der Waals surface area contributed by atoms with Gasteiger partial charge < -0.3 is 4.90 Å². The van der Waals surface area contributed by atoms with Crippen LogP contribution in [-0.4, -0.2) is 19.8 Å². The quantitative estimate of drug-likeness (QED) is 0.573. The molecule has 0 amide bonds. The molecule has 2 heteroatoms. The SMILES string of the molecule is CN(C)c1ccc(C#CCCS)cc1. The molecule has 0 aromatic heterocycles. The second kappa shape index (κ2) is 5.62. The Morgan fingerprint density at radius 3 is 2.36 bits per heavy atom. The average Bonchev–Trinajstić information content (AvgIpc) is 2.19. The Morgan fingerprint density at radius 1 is 1.21 bits per heavy atom. The van der Waals surface area contributed by atoms with Gasteiger partial charge in [-0.25, -0.2) is 0 Å². The Bertz CT molecular complexity index is 330. The monoisotopic (exact) mass is 205 g/mol. The van der Waals surface area contributed by atoms with Gasteiger partial charge in [-0.1, -0.05) is 11.8 Å². The van der Waals surface area contributed by atoms with E-state index in [9.17, 15) is 0 Å². The van der Waals surface area contributed by atoms with Gasteiger partial charge in [-0.3, -0.25) is 0 Å². The standard InChI is InChI=1S/C12H15NS/c1-13(2)12-8-6-11(7-9-12)5-3-4-10-14/h6-9,14H,4,10H2,1-2H3. The molecule has 0 aliphatic carbocycles. The van der Waals surface area contributed by atoms with Gasteiger partial charge in [0.2, 0.25) is 0 Å². The van der Waals surface area contributed by atoms with Gasteiger partial charge in [0.25, 0.3) is 0 Å². The van der Waals surface area contributed by atoms with Crippen LogP contribution < -0.4 is 4.90 Å². The van der Waals surface area contributed by atoms with Crippen molar-refractivity contribution in [3.63, 3.8) is 0 Å². The fraction of sp³-hybridized carbons (Fsp3) is 0.333. The van der Waals surface area contributed by atoms with Gasteiger partial charge in [-0.15, -0.1) is 0 Å². The largest absolute Gasteiger partial charge is 0.378 e. The van der Waals surface area contributed by atoms with Gasteiger partial charge in [0, 0.05) is 37.5 Å². The number of benzene rings is 1. The third-order valence-electron chi connectivity index (χ3n) is 1.85. The molecule has 0 atom stereocenters. The molecular weight excluding hydrogens is 190 g/mol. The van der Waals surface area contributed by atoms with Crippen molar-refractivity contribution in [1.29, 1.82) is 0 Å². The summed E-state index contributed by atoms with van der Waals surface area (Å²) < 4.78 is 0. The van der Waals surface area contributed by atoms with Crippen LogP contribution in [0.2, 0.25) is 0 Å². The molecule has 1 aromatic rings. The molecule has 0 aliphatic heterocycles. The van der Waals surface area contributed by atoms with Crippen molar-refractivity contribution in [3.05, 3.63) is 29.8 Å². The number of hydrogen-bond donors (Lipinski definition) is 1. The molecule has 0 saturated heterocycles. The second-order valence-corrected chi connectivity index (χ2v) is 3.66. The fourth-order valence-electron chi connectivity index (χ4n) is 1.06. The Morgan fingerprint density at radius 2 is 1.86 bits per heavy atom. The topological polar surface area (TPSA) is 3.24 Å². The van der Waals surface area contributed by atoms with E-state index in [1.165, 1.54) is 5.69 Å². The van der Waals surface area contributed by atoms with Crippen LogP contribution in [0.15, 0.2) is 24.3 Å². The predicted octanol–water partition coefficient (Wildman–Crippen LogP) is 2.42. The van der Waals surface area contributed by atoms with Crippen molar-refractivity contribution in [2.24, 2.45) is 0 Å². The molecule has 0 aliphatic rings. The molecule has 1 nitrogen and oxygen atoms in total. The number of hydrogen-bond acceptors (Lipinski definition) is 2. The van der Waals surface area contributed by atoms with Crippen LogP contribution in [0, 0.1) is 11.8 Å². The van der Waals surface area contributed by atoms with Crippen LogP contribution in [0.25, 0.3) is 0 Å². The van der Waals surface area contributed by atoms with Crippen LogP contribution in [0.4, 0.5) is 5.69 Å². The lowest BCUT2D eigenvalue weighted by Crippen LogP contribution is -2.07. The highest BCUT2D eigenvalue weighted by Gasteiger charge is 1.92. The number of rotatable bonds is 2. The van der Waals surface area contributed by atoms with Crippen molar-refractivity contribution < 1.29 is 0 Å². The van der Waals surface area contributed by atoms with Crippen molar-refractivity contribution >= 4 is 18.3 Å². The third-order valence-corrected chi connectivity index (χ3v) is 2.08. The molecule has 0 heterocycles. The summed E-state index contributed by atoms with van der Waals surface area (Å²) in [5, 5.41) is 0. The van der Waals surface area contributed by atoms with E-state index in [0.717, 1.165) is 17.7 Å². The van der Waals surface area contributed by atoms with Gasteiger partial charge in [-0.2, -0.15) is 12.6 Å². The van der Waals surface area contributed by atoms with Crippen molar-refractivity contribution in [2.75, 3.05) is 24.7 Å². The summed E-state index contributed by atoms with van der Waals surface area (Å²) in [4.78, 5) is 2.07. The maximum atomic E-state index is 4.10. The number of thiol groups is 1. The summed E-state index contributed by atoms with van der Waals surface area (Å²) in [5.41, 5.74) is 2.27. The Balaban J connectivity index is 2.70. The molecule has 0 spiro atoms. The Kier molecular flexibility index (Phi) is 4.42. The van der Waals surface area contributed by atoms with Crippen LogP contribution in [0.5, 0.6) is 0 Å². The number of anilines is 1. The molecule has 0 radical (unpaired) electrons. The summed E-state index contributed by atoms with van der Waals surface area (Å²) in [6.07, 6.45) is 0.846. The van der Waals surface area contributed by atoms with E-state index in [-0.39, 0.29) is 0 Å². The highest BCUT2D eigenvalue weighted by Crippen LogP contribution is 2.11. The molecule has 74 valence electrons. The smallest absolute Gasteiger partial charge is 0.0361 e. The van der Waals surface area contributed by atoms with Gasteiger partial charge >= 0.3 is 0 Å². The zero-order valence-electron chi connectivity index (χ0n) is 8.62. The van der Waals surface area contributed by atoms with Gasteiger partial charge in [0.05, 0.1) is 0 Å². The maximum Gasteiger partial charge on any atom is 0.0361 e. The zero-order valence-corrected chi connectivity index (χ0v) is 9.51. The van der Waals surface area contributed by atoms with E-state index in [0.29, 0.717) is 0 Å². The zero-order chi connectivity index (χ0) is 10.4. The lowest BCUT2D eigenvalue weighted by molar-refractivity contribution is 1.13. The first kappa shape index (κ1) is 11.0. The van der Waals surface area contributed by atoms with E-state index in [1.807, 2.05) is 26.2 Å². The van der Waals surface area contributed by atoms with E-state index in [2.05, 4.69) is 41.5 Å². The van der Waals surface area contributed by atoms with Crippen molar-refractivity contribution in [1.82, 2.24) is 0 Å².